The molecule has 0 aliphatic heterocycles. The fourth-order valence-corrected chi connectivity index (χ4v) is 4.27. The van der Waals surface area contributed by atoms with Gasteiger partial charge in [0.25, 0.3) is 0 Å². The van der Waals surface area contributed by atoms with E-state index in [-0.39, 0.29) is 12.1 Å². The van der Waals surface area contributed by atoms with E-state index < -0.39 is 32.2 Å². The number of hydrogen-bond acceptors (Lipinski definition) is 4. The zero-order chi connectivity index (χ0) is 20.9. The summed E-state index contributed by atoms with van der Waals surface area (Å²) < 4.78 is 31.7. The molecular weight excluding hydrogens is 388 g/mol. The van der Waals surface area contributed by atoms with E-state index in [9.17, 15) is 9.11 Å². The molecule has 0 saturated heterocycles. The minimum Gasteiger partial charge on any atom is -0.598 e. The van der Waals surface area contributed by atoms with Gasteiger partial charge in [0.05, 0.1) is 0 Å². The molecule has 2 unspecified atom stereocenters. The van der Waals surface area contributed by atoms with Crippen LogP contribution in [0.25, 0.3) is 0 Å². The Morgan fingerprint density at radius 1 is 0.607 bits per heavy atom. The first-order chi connectivity index (χ1) is 13.0. The molecule has 0 amide bonds. The number of benzene rings is 2. The van der Waals surface area contributed by atoms with E-state index >= 15 is 0 Å². The van der Waals surface area contributed by atoms with Crippen LogP contribution in [0.4, 0.5) is 0 Å². The Balaban J connectivity index is 2.48. The molecule has 28 heavy (non-hydrogen) atoms. The Morgan fingerprint density at radius 3 is 1.14 bits per heavy atom. The maximum Gasteiger partial charge on any atom is 0.136 e. The standard InChI is InChI=1S/C22H32N2O2S2/c1-21(2,3)27(25)23-19(17-13-9-7-10-14-17)20(18-15-11-8-12-16-18)24-28(26)22(4,5)6/h7-16,19-20,23-24H,1-6H3/t19-,20-,27?,28?/m1/s1. The summed E-state index contributed by atoms with van der Waals surface area (Å²) in [6.45, 7) is 11.6. The summed E-state index contributed by atoms with van der Waals surface area (Å²) in [6, 6.07) is 19.2. The molecule has 0 radical (unpaired) electrons. The molecule has 0 fully saturated rings. The van der Waals surface area contributed by atoms with Crippen LogP contribution in [-0.2, 0) is 22.7 Å². The molecular formula is C22H32N2O2S2. The zero-order valence-electron chi connectivity index (χ0n) is 17.6. The third-order valence-electron chi connectivity index (χ3n) is 4.23. The van der Waals surface area contributed by atoms with Gasteiger partial charge >= 0.3 is 0 Å². The molecule has 2 N–H and O–H groups in total. The van der Waals surface area contributed by atoms with Gasteiger partial charge in [-0.1, -0.05) is 60.7 Å². The van der Waals surface area contributed by atoms with E-state index in [1.807, 2.05) is 102 Å². The summed E-state index contributed by atoms with van der Waals surface area (Å²) in [7, 11) is 0. The van der Waals surface area contributed by atoms with Crippen LogP contribution in [0.2, 0.25) is 0 Å². The van der Waals surface area contributed by atoms with Crippen LogP contribution in [0.3, 0.4) is 0 Å². The normalized spacial score (nSPS) is 17.0. The van der Waals surface area contributed by atoms with Gasteiger partial charge in [0.2, 0.25) is 0 Å². The fourth-order valence-electron chi connectivity index (χ4n) is 2.56. The van der Waals surface area contributed by atoms with Crippen molar-refractivity contribution in [1.29, 1.82) is 0 Å². The minimum atomic E-state index is -1.29. The van der Waals surface area contributed by atoms with Crippen molar-refractivity contribution in [2.24, 2.45) is 0 Å². The van der Waals surface area contributed by atoms with Gasteiger partial charge in [-0.3, -0.25) is 0 Å². The third kappa shape index (κ3) is 6.51. The maximum absolute atomic E-state index is 13.0. The second kappa shape index (κ2) is 9.65. The van der Waals surface area contributed by atoms with Crippen LogP contribution in [-0.4, -0.2) is 18.6 Å². The highest BCUT2D eigenvalue weighted by Gasteiger charge is 2.38. The molecule has 0 spiro atoms. The van der Waals surface area contributed by atoms with Crippen molar-refractivity contribution in [2.75, 3.05) is 0 Å². The topological polar surface area (TPSA) is 70.2 Å². The van der Waals surface area contributed by atoms with Crippen LogP contribution in [0.5, 0.6) is 0 Å². The van der Waals surface area contributed by atoms with E-state index in [2.05, 4.69) is 9.44 Å². The van der Waals surface area contributed by atoms with Crippen molar-refractivity contribution in [3.8, 4) is 0 Å². The van der Waals surface area contributed by atoms with Crippen molar-refractivity contribution in [3.63, 3.8) is 0 Å². The maximum atomic E-state index is 13.0. The Bertz CT molecular complexity index is 651. The van der Waals surface area contributed by atoms with Gasteiger partial charge in [-0.05, 0) is 52.7 Å². The lowest BCUT2D eigenvalue weighted by Gasteiger charge is -2.35. The lowest BCUT2D eigenvalue weighted by molar-refractivity contribution is 0.449. The molecule has 154 valence electrons. The molecule has 6 heteroatoms. The summed E-state index contributed by atoms with van der Waals surface area (Å²) in [5.41, 5.74) is 1.99. The second-order valence-electron chi connectivity index (χ2n) is 8.77. The van der Waals surface area contributed by atoms with E-state index in [1.54, 1.807) is 0 Å². The number of rotatable bonds is 7. The Morgan fingerprint density at radius 2 is 0.893 bits per heavy atom. The molecule has 4 atom stereocenters. The van der Waals surface area contributed by atoms with Gasteiger partial charge in [0.15, 0.2) is 0 Å². The van der Waals surface area contributed by atoms with E-state index in [1.165, 1.54) is 0 Å². The van der Waals surface area contributed by atoms with Crippen molar-refractivity contribution < 1.29 is 9.11 Å². The predicted molar refractivity (Wildman–Crippen MR) is 120 cm³/mol. The van der Waals surface area contributed by atoms with Crippen molar-refractivity contribution >= 4 is 22.7 Å². The highest BCUT2D eigenvalue weighted by Crippen LogP contribution is 2.33. The summed E-state index contributed by atoms with van der Waals surface area (Å²) in [6.07, 6.45) is 0. The van der Waals surface area contributed by atoms with Gasteiger partial charge in [0.1, 0.15) is 21.6 Å². The van der Waals surface area contributed by atoms with Crippen molar-refractivity contribution in [1.82, 2.24) is 9.44 Å². The van der Waals surface area contributed by atoms with Crippen LogP contribution >= 0.6 is 0 Å². The Labute approximate surface area is 176 Å². The Hall–Kier alpha value is -1.02. The van der Waals surface area contributed by atoms with Gasteiger partial charge in [0, 0.05) is 22.7 Å². The van der Waals surface area contributed by atoms with Crippen LogP contribution in [0.15, 0.2) is 60.7 Å². The average molecular weight is 421 g/mol. The van der Waals surface area contributed by atoms with Crippen LogP contribution in [0, 0.1) is 0 Å². The largest absolute Gasteiger partial charge is 0.598 e. The second-order valence-corrected chi connectivity index (χ2v) is 12.8. The molecule has 2 aromatic rings. The quantitative estimate of drug-likeness (QED) is 0.644. The Kier molecular flexibility index (Phi) is 8.02. The van der Waals surface area contributed by atoms with Crippen molar-refractivity contribution in [2.45, 2.75) is 63.1 Å². The molecule has 0 aromatic heterocycles. The first-order valence-corrected chi connectivity index (χ1v) is 11.8. The molecule has 2 aromatic carbocycles. The lowest BCUT2D eigenvalue weighted by atomic mass is 9.95. The van der Waals surface area contributed by atoms with Gasteiger partial charge in [-0.15, -0.1) is 9.44 Å². The highest BCUT2D eigenvalue weighted by molar-refractivity contribution is 7.91. The van der Waals surface area contributed by atoms with Crippen LogP contribution in [0.1, 0.15) is 64.8 Å². The monoisotopic (exact) mass is 420 g/mol. The molecule has 0 heterocycles. The van der Waals surface area contributed by atoms with E-state index in [0.717, 1.165) is 11.1 Å². The molecule has 0 aliphatic rings. The molecule has 2 rings (SSSR count). The summed E-state index contributed by atoms with van der Waals surface area (Å²) in [5, 5.41) is 0. The lowest BCUT2D eigenvalue weighted by Crippen LogP contribution is -2.48. The smallest absolute Gasteiger partial charge is 0.136 e. The fraction of sp³-hybridized carbons (Fsp3) is 0.455. The molecule has 0 saturated carbocycles. The summed E-state index contributed by atoms with van der Waals surface area (Å²) in [4.78, 5) is 0. The first kappa shape index (κ1) is 23.3. The SMILES string of the molecule is CC(C)(C)[S+]([O-])N[C@H](c1ccccc1)[C@H](N[S+]([O-])C(C)(C)C)c1ccccc1. The molecule has 4 nitrogen and oxygen atoms in total. The molecule has 0 bridgehead atoms. The van der Waals surface area contributed by atoms with E-state index in [0.29, 0.717) is 0 Å². The van der Waals surface area contributed by atoms with Gasteiger partial charge in [-0.2, -0.15) is 0 Å². The number of hydrogen-bond donors (Lipinski definition) is 2. The van der Waals surface area contributed by atoms with Crippen LogP contribution < -0.4 is 9.44 Å². The molecule has 0 aliphatic carbocycles. The minimum absolute atomic E-state index is 0.310. The first-order valence-electron chi connectivity index (χ1n) is 9.46. The van der Waals surface area contributed by atoms with Gasteiger partial charge < -0.3 is 9.11 Å². The zero-order valence-corrected chi connectivity index (χ0v) is 19.2. The van der Waals surface area contributed by atoms with Crippen molar-refractivity contribution in [3.05, 3.63) is 71.8 Å². The highest BCUT2D eigenvalue weighted by atomic mass is 32.2. The summed E-state index contributed by atoms with van der Waals surface area (Å²) >= 11 is -2.57. The van der Waals surface area contributed by atoms with E-state index in [4.69, 9.17) is 0 Å². The summed E-state index contributed by atoms with van der Waals surface area (Å²) in [5.74, 6) is 0. The predicted octanol–water partition coefficient (Wildman–Crippen LogP) is 4.57. The van der Waals surface area contributed by atoms with Gasteiger partial charge in [-0.25, -0.2) is 0 Å². The number of nitrogens with one attached hydrogen (secondary N) is 2. The average Bonchev–Trinajstić information content (AvgIpc) is 2.64. The third-order valence-corrected chi connectivity index (χ3v) is 7.39.